The summed E-state index contributed by atoms with van der Waals surface area (Å²) in [6, 6.07) is 15.3. The van der Waals surface area contributed by atoms with E-state index < -0.39 is 0 Å². The molecule has 3 rings (SSSR count). The molecule has 0 radical (unpaired) electrons. The van der Waals surface area contributed by atoms with Crippen LogP contribution in [0.5, 0.6) is 11.5 Å². The third kappa shape index (κ3) is 4.97. The van der Waals surface area contributed by atoms with Crippen molar-refractivity contribution in [3.63, 3.8) is 0 Å². The predicted octanol–water partition coefficient (Wildman–Crippen LogP) is 3.40. The summed E-state index contributed by atoms with van der Waals surface area (Å²) >= 11 is 0. The minimum absolute atomic E-state index is 0.214. The predicted molar refractivity (Wildman–Crippen MR) is 108 cm³/mol. The molecule has 0 unspecified atom stereocenters. The summed E-state index contributed by atoms with van der Waals surface area (Å²) in [7, 11) is 3.10. The van der Waals surface area contributed by atoms with Crippen molar-refractivity contribution in [2.45, 2.75) is 6.42 Å². The maximum absolute atomic E-state index is 12.4. The van der Waals surface area contributed by atoms with Gasteiger partial charge in [0.2, 0.25) is 0 Å². The quantitative estimate of drug-likeness (QED) is 0.625. The van der Waals surface area contributed by atoms with Gasteiger partial charge in [0, 0.05) is 12.6 Å². The molecule has 7 heteroatoms. The third-order valence-electron chi connectivity index (χ3n) is 4.10. The number of nitrogens with one attached hydrogen (secondary N) is 2. The van der Waals surface area contributed by atoms with Crippen molar-refractivity contribution in [1.29, 1.82) is 0 Å². The number of methoxy groups -OCH3 is 2. The maximum atomic E-state index is 12.4. The second-order valence-corrected chi connectivity index (χ2v) is 5.97. The Morgan fingerprint density at radius 3 is 2.50 bits per heavy atom. The van der Waals surface area contributed by atoms with E-state index in [2.05, 4.69) is 32.7 Å². The van der Waals surface area contributed by atoms with Gasteiger partial charge in [0.05, 0.1) is 32.3 Å². The highest BCUT2D eigenvalue weighted by Gasteiger charge is 2.12. The van der Waals surface area contributed by atoms with Crippen LogP contribution in [-0.2, 0) is 6.42 Å². The van der Waals surface area contributed by atoms with E-state index in [0.717, 1.165) is 13.0 Å². The average Bonchev–Trinajstić information content (AvgIpc) is 2.75. The number of carbonyl (C=O) groups excluding carboxylic acids is 1. The Morgan fingerprint density at radius 1 is 1.00 bits per heavy atom. The highest BCUT2D eigenvalue weighted by Crippen LogP contribution is 2.29. The Labute approximate surface area is 163 Å². The first-order chi connectivity index (χ1) is 13.7. The van der Waals surface area contributed by atoms with Crippen LogP contribution < -0.4 is 20.1 Å². The van der Waals surface area contributed by atoms with Gasteiger partial charge in [0.1, 0.15) is 23.0 Å². The van der Waals surface area contributed by atoms with E-state index in [1.54, 1.807) is 31.5 Å². The summed E-state index contributed by atoms with van der Waals surface area (Å²) in [5.74, 6) is 1.39. The summed E-state index contributed by atoms with van der Waals surface area (Å²) in [5, 5.41) is 5.97. The summed E-state index contributed by atoms with van der Waals surface area (Å²) in [5.41, 5.74) is 1.99. The van der Waals surface area contributed by atoms with Crippen LogP contribution in [0.3, 0.4) is 0 Å². The SMILES string of the molecule is COc1ccc(NC(=O)c2cnc(NCCc3ccccc3)cn2)c(OC)c1. The average molecular weight is 378 g/mol. The van der Waals surface area contributed by atoms with Crippen LogP contribution in [0.4, 0.5) is 11.5 Å². The Kier molecular flexibility index (Phi) is 6.41. The fourth-order valence-corrected chi connectivity index (χ4v) is 2.60. The highest BCUT2D eigenvalue weighted by atomic mass is 16.5. The largest absolute Gasteiger partial charge is 0.497 e. The number of hydrogen-bond acceptors (Lipinski definition) is 6. The maximum Gasteiger partial charge on any atom is 0.275 e. The van der Waals surface area contributed by atoms with Gasteiger partial charge >= 0.3 is 0 Å². The van der Waals surface area contributed by atoms with Gasteiger partial charge < -0.3 is 20.1 Å². The van der Waals surface area contributed by atoms with E-state index in [1.165, 1.54) is 18.9 Å². The summed E-state index contributed by atoms with van der Waals surface area (Å²) in [6.45, 7) is 0.729. The number of aromatic nitrogens is 2. The lowest BCUT2D eigenvalue weighted by Crippen LogP contribution is -2.15. The van der Waals surface area contributed by atoms with Crippen molar-refractivity contribution < 1.29 is 14.3 Å². The van der Waals surface area contributed by atoms with E-state index in [0.29, 0.717) is 23.0 Å². The van der Waals surface area contributed by atoms with Gasteiger partial charge in [0.15, 0.2) is 0 Å². The van der Waals surface area contributed by atoms with Gasteiger partial charge in [-0.2, -0.15) is 0 Å². The van der Waals surface area contributed by atoms with Gasteiger partial charge in [0.25, 0.3) is 5.91 Å². The van der Waals surface area contributed by atoms with E-state index in [4.69, 9.17) is 9.47 Å². The lowest BCUT2D eigenvalue weighted by atomic mass is 10.1. The summed E-state index contributed by atoms with van der Waals surface area (Å²) in [4.78, 5) is 20.9. The van der Waals surface area contributed by atoms with Crippen molar-refractivity contribution in [3.05, 3.63) is 72.2 Å². The van der Waals surface area contributed by atoms with Crippen LogP contribution >= 0.6 is 0 Å². The van der Waals surface area contributed by atoms with Crippen molar-refractivity contribution in [1.82, 2.24) is 9.97 Å². The van der Waals surface area contributed by atoms with Crippen LogP contribution in [0.25, 0.3) is 0 Å². The highest BCUT2D eigenvalue weighted by molar-refractivity contribution is 6.03. The van der Waals surface area contributed by atoms with Gasteiger partial charge in [-0.3, -0.25) is 4.79 Å². The minimum Gasteiger partial charge on any atom is -0.497 e. The van der Waals surface area contributed by atoms with Crippen LogP contribution in [0.2, 0.25) is 0 Å². The Bertz CT molecular complexity index is 915. The van der Waals surface area contributed by atoms with E-state index in [9.17, 15) is 4.79 Å². The zero-order valence-electron chi connectivity index (χ0n) is 15.8. The second-order valence-electron chi connectivity index (χ2n) is 5.97. The van der Waals surface area contributed by atoms with Crippen molar-refractivity contribution >= 4 is 17.4 Å². The molecule has 28 heavy (non-hydrogen) atoms. The van der Waals surface area contributed by atoms with Crippen molar-refractivity contribution in [3.8, 4) is 11.5 Å². The number of carbonyl (C=O) groups is 1. The van der Waals surface area contributed by atoms with Crippen molar-refractivity contribution in [2.75, 3.05) is 31.4 Å². The van der Waals surface area contributed by atoms with E-state index in [-0.39, 0.29) is 11.6 Å². The number of nitrogens with zero attached hydrogens (tertiary/aromatic N) is 2. The molecule has 2 N–H and O–H groups in total. The molecule has 7 nitrogen and oxygen atoms in total. The monoisotopic (exact) mass is 378 g/mol. The van der Waals surface area contributed by atoms with Crippen LogP contribution in [0.15, 0.2) is 60.9 Å². The fourth-order valence-electron chi connectivity index (χ4n) is 2.60. The fraction of sp³-hybridized carbons (Fsp3) is 0.190. The molecule has 0 atom stereocenters. The van der Waals surface area contributed by atoms with Crippen LogP contribution in [-0.4, -0.2) is 36.6 Å². The molecular weight excluding hydrogens is 356 g/mol. The zero-order chi connectivity index (χ0) is 19.8. The first-order valence-electron chi connectivity index (χ1n) is 8.83. The molecule has 0 aliphatic heterocycles. The summed E-state index contributed by atoms with van der Waals surface area (Å²) in [6.07, 6.45) is 3.86. The first-order valence-corrected chi connectivity index (χ1v) is 8.83. The Balaban J connectivity index is 1.58. The molecule has 1 heterocycles. The lowest BCUT2D eigenvalue weighted by Gasteiger charge is -2.11. The number of amides is 1. The first kappa shape index (κ1) is 19.2. The second kappa shape index (κ2) is 9.36. The van der Waals surface area contributed by atoms with Gasteiger partial charge in [-0.25, -0.2) is 9.97 Å². The van der Waals surface area contributed by atoms with Gasteiger partial charge in [-0.05, 0) is 24.1 Å². The zero-order valence-corrected chi connectivity index (χ0v) is 15.8. The molecule has 0 saturated carbocycles. The Morgan fingerprint density at radius 2 is 1.82 bits per heavy atom. The number of rotatable bonds is 8. The Hall–Kier alpha value is -3.61. The minimum atomic E-state index is -0.369. The third-order valence-corrected chi connectivity index (χ3v) is 4.10. The van der Waals surface area contributed by atoms with Crippen LogP contribution in [0.1, 0.15) is 16.1 Å². The van der Waals surface area contributed by atoms with E-state index >= 15 is 0 Å². The molecule has 0 spiro atoms. The topological polar surface area (TPSA) is 85.4 Å². The molecule has 3 aromatic rings. The summed E-state index contributed by atoms with van der Waals surface area (Å²) < 4.78 is 10.4. The molecular formula is C21H22N4O3. The van der Waals surface area contributed by atoms with E-state index in [1.807, 2.05) is 18.2 Å². The number of hydrogen-bond donors (Lipinski definition) is 2. The van der Waals surface area contributed by atoms with Crippen LogP contribution in [0, 0.1) is 0 Å². The molecule has 0 aliphatic carbocycles. The standard InChI is InChI=1S/C21H22N4O3/c1-27-16-8-9-17(19(12-16)28-2)25-21(26)18-13-24-20(14-23-18)22-11-10-15-6-4-3-5-7-15/h3-9,12-14H,10-11H2,1-2H3,(H,22,24)(H,25,26). The smallest absolute Gasteiger partial charge is 0.275 e. The molecule has 144 valence electrons. The van der Waals surface area contributed by atoms with Gasteiger partial charge in [-0.15, -0.1) is 0 Å². The number of anilines is 2. The molecule has 2 aromatic carbocycles. The molecule has 0 bridgehead atoms. The molecule has 1 aromatic heterocycles. The van der Waals surface area contributed by atoms with Gasteiger partial charge in [-0.1, -0.05) is 30.3 Å². The molecule has 1 amide bonds. The number of ether oxygens (including phenoxy) is 2. The molecule has 0 saturated heterocycles. The number of benzene rings is 2. The molecule has 0 fully saturated rings. The normalized spacial score (nSPS) is 10.2. The lowest BCUT2D eigenvalue weighted by molar-refractivity contribution is 0.102. The van der Waals surface area contributed by atoms with Crippen molar-refractivity contribution in [2.24, 2.45) is 0 Å². The molecule has 0 aliphatic rings.